The number of nitrogens with zero attached hydrogens (tertiary/aromatic N) is 1. The summed E-state index contributed by atoms with van der Waals surface area (Å²) >= 11 is 0. The normalized spacial score (nSPS) is 11.1. The molecule has 0 atom stereocenters. The summed E-state index contributed by atoms with van der Waals surface area (Å²) in [6.07, 6.45) is 1.70. The summed E-state index contributed by atoms with van der Waals surface area (Å²) in [6.45, 7) is -3.96. The molecule has 0 radical (unpaired) electrons. The predicted octanol–water partition coefficient (Wildman–Crippen LogP) is 5.85. The third-order valence-electron chi connectivity index (χ3n) is 5.93. The molecule has 0 unspecified atom stereocenters. The monoisotopic (exact) mass is 630 g/mol. The van der Waals surface area contributed by atoms with Crippen molar-refractivity contribution >= 4 is 34.1 Å². The van der Waals surface area contributed by atoms with Crippen LogP contribution in [0.5, 0.6) is 0 Å². The number of hydrogen-bond acceptors (Lipinski definition) is 1. The van der Waals surface area contributed by atoms with Crippen molar-refractivity contribution in [2.24, 2.45) is 0 Å². The summed E-state index contributed by atoms with van der Waals surface area (Å²) < 4.78 is 209. The minimum atomic E-state index is -3.96. The number of H-pyrrole nitrogens is 1. The smallest absolute Gasteiger partial charge is 0.265 e. The molecule has 5 aromatic rings. The van der Waals surface area contributed by atoms with Gasteiger partial charge in [0, 0.05) is 16.4 Å². The molecule has 43 heavy (non-hydrogen) atoms. The zero-order valence-corrected chi connectivity index (χ0v) is 20.1. The topological polar surface area (TPSA) is 28.7 Å². The van der Waals surface area contributed by atoms with E-state index in [2.05, 4.69) is 9.97 Å². The van der Waals surface area contributed by atoms with E-state index < -0.39 is 110 Å². The molecule has 0 aliphatic carbocycles. The third kappa shape index (κ3) is 5.03. The highest BCUT2D eigenvalue weighted by atomic mass is 19.2. The average molecular weight is 630 g/mol. The van der Waals surface area contributed by atoms with E-state index in [1.54, 1.807) is 6.33 Å². The van der Waals surface area contributed by atoms with E-state index in [4.69, 9.17) is 0 Å². The Morgan fingerprint density at radius 2 is 0.674 bits per heavy atom. The van der Waals surface area contributed by atoms with Gasteiger partial charge in [0.1, 0.15) is 0 Å². The summed E-state index contributed by atoms with van der Waals surface area (Å²) in [7, 11) is 0. The Bertz CT molecular complexity index is 1620. The van der Waals surface area contributed by atoms with Gasteiger partial charge < -0.3 is 4.98 Å². The van der Waals surface area contributed by atoms with Gasteiger partial charge in [-0.05, 0) is 12.1 Å². The van der Waals surface area contributed by atoms with Gasteiger partial charge in [0.05, 0.1) is 17.4 Å². The minimum absolute atomic E-state index is 1.03. The zero-order valence-electron chi connectivity index (χ0n) is 20.1. The second-order valence-electron chi connectivity index (χ2n) is 8.30. The van der Waals surface area contributed by atoms with Crippen molar-refractivity contribution in [3.63, 3.8) is 0 Å². The van der Waals surface area contributed by atoms with Crippen LogP contribution in [0, 0.1) is 87.3 Å². The first-order valence-electron chi connectivity index (χ1n) is 11.0. The van der Waals surface area contributed by atoms with Gasteiger partial charge in [0.2, 0.25) is 0 Å². The Labute approximate surface area is 228 Å². The third-order valence-corrected chi connectivity index (χ3v) is 5.93. The van der Waals surface area contributed by atoms with Crippen molar-refractivity contribution in [3.05, 3.63) is 118 Å². The van der Waals surface area contributed by atoms with E-state index in [0.29, 0.717) is 0 Å². The van der Waals surface area contributed by atoms with Crippen LogP contribution < -0.4 is 16.4 Å². The summed E-state index contributed by atoms with van der Waals surface area (Å²) in [5, 5.41) is 0. The van der Waals surface area contributed by atoms with Crippen LogP contribution in [0.1, 0.15) is 0 Å². The number of nitrogens with one attached hydrogen (secondary N) is 1. The predicted molar refractivity (Wildman–Crippen MR) is 119 cm³/mol. The number of imidazole rings is 1. The van der Waals surface area contributed by atoms with Crippen LogP contribution in [-0.2, 0) is 0 Å². The highest BCUT2D eigenvalue weighted by Gasteiger charge is 2.45. The summed E-state index contributed by atoms with van der Waals surface area (Å²) in [5.74, 6) is -45.2. The minimum Gasteiger partial charge on any atom is -0.345 e. The fourth-order valence-electron chi connectivity index (χ4n) is 3.94. The zero-order chi connectivity index (χ0) is 32.1. The van der Waals surface area contributed by atoms with Crippen molar-refractivity contribution in [1.29, 1.82) is 0 Å². The van der Waals surface area contributed by atoms with Crippen molar-refractivity contribution in [3.8, 4) is 0 Å². The lowest BCUT2D eigenvalue weighted by Crippen LogP contribution is -2.60. The number of benzene rings is 4. The average Bonchev–Trinajstić information content (AvgIpc) is 3.48. The number of halogens is 15. The van der Waals surface area contributed by atoms with Gasteiger partial charge in [-0.25, -0.2) is 70.8 Å². The molecule has 0 saturated carbocycles. The molecule has 1 heterocycles. The summed E-state index contributed by atoms with van der Waals surface area (Å²) in [4.78, 5) is 7.07. The lowest BCUT2D eigenvalue weighted by atomic mass is 9.36. The number of rotatable bonds is 3. The Balaban J connectivity index is 0.000000395. The van der Waals surface area contributed by atoms with Crippen LogP contribution in [0.25, 0.3) is 11.0 Å². The first-order valence-corrected chi connectivity index (χ1v) is 11.0. The SMILES string of the molecule is Fc1c(F)c(F)c(B(c2c(F)c(F)c(F)c(F)c2F)c2c(F)c(F)c(F)c(F)c2F)c(F)c1F.c1ccc2[nH]cnc2c1. The number of para-hydroxylation sites is 2. The Morgan fingerprint density at radius 1 is 0.395 bits per heavy atom. The Hall–Kier alpha value is -4.64. The van der Waals surface area contributed by atoms with E-state index in [1.807, 2.05) is 24.3 Å². The maximum atomic E-state index is 14.4. The van der Waals surface area contributed by atoms with Gasteiger partial charge in [-0.2, -0.15) is 0 Å². The van der Waals surface area contributed by atoms with E-state index in [-0.39, 0.29) is 0 Å². The second kappa shape index (κ2) is 11.6. The molecule has 0 aliphatic rings. The van der Waals surface area contributed by atoms with Gasteiger partial charge in [0.25, 0.3) is 6.71 Å². The number of hydrogen-bond donors (Lipinski definition) is 1. The molecule has 4 aromatic carbocycles. The second-order valence-corrected chi connectivity index (χ2v) is 8.30. The van der Waals surface area contributed by atoms with Gasteiger partial charge >= 0.3 is 0 Å². The molecule has 5 rings (SSSR count). The number of aromatic amines is 1. The molecule has 0 fully saturated rings. The van der Waals surface area contributed by atoms with E-state index in [1.165, 1.54) is 0 Å². The lowest BCUT2D eigenvalue weighted by Gasteiger charge is -2.21. The van der Waals surface area contributed by atoms with E-state index in [9.17, 15) is 65.9 Å². The van der Waals surface area contributed by atoms with Crippen molar-refractivity contribution in [2.45, 2.75) is 0 Å². The Kier molecular flexibility index (Phi) is 8.42. The molecule has 0 spiro atoms. The van der Waals surface area contributed by atoms with Gasteiger partial charge in [-0.3, -0.25) is 0 Å². The van der Waals surface area contributed by atoms with Crippen LogP contribution in [0.4, 0.5) is 65.9 Å². The molecular formula is C25H6BF15N2. The highest BCUT2D eigenvalue weighted by molar-refractivity contribution is 6.95. The van der Waals surface area contributed by atoms with E-state index in [0.717, 1.165) is 11.0 Å². The number of aromatic nitrogens is 2. The van der Waals surface area contributed by atoms with Gasteiger partial charge in [-0.1, -0.05) is 12.1 Å². The van der Waals surface area contributed by atoms with Crippen molar-refractivity contribution < 1.29 is 65.9 Å². The fraction of sp³-hybridized carbons (Fsp3) is 0. The highest BCUT2D eigenvalue weighted by Crippen LogP contribution is 2.23. The summed E-state index contributed by atoms with van der Waals surface area (Å²) in [6, 6.07) is 7.94. The molecule has 1 aromatic heterocycles. The molecule has 18 heteroatoms. The maximum Gasteiger partial charge on any atom is 0.265 e. The molecule has 2 nitrogen and oxygen atoms in total. The molecule has 0 saturated heterocycles. The Morgan fingerprint density at radius 3 is 0.977 bits per heavy atom. The molecular weight excluding hydrogens is 624 g/mol. The lowest BCUT2D eigenvalue weighted by molar-refractivity contribution is 0.380. The maximum absolute atomic E-state index is 14.4. The molecule has 0 bridgehead atoms. The van der Waals surface area contributed by atoms with Crippen LogP contribution in [0.2, 0.25) is 0 Å². The van der Waals surface area contributed by atoms with E-state index >= 15 is 0 Å². The standard InChI is InChI=1S/C18BF15.C7H6N2/c20-4-1(5(21)11(27)16(32)10(4)26)19(2-6(22)12(28)17(33)13(29)7(2)23)3-8(24)14(30)18(34)15(31)9(3)25;1-2-4-7-6(3-1)8-5-9-7/h;1-5H,(H,8,9). The van der Waals surface area contributed by atoms with Crippen LogP contribution in [-0.4, -0.2) is 16.7 Å². The van der Waals surface area contributed by atoms with Gasteiger partial charge in [-0.15, -0.1) is 0 Å². The van der Waals surface area contributed by atoms with Gasteiger partial charge in [0.15, 0.2) is 87.3 Å². The van der Waals surface area contributed by atoms with Crippen molar-refractivity contribution in [2.75, 3.05) is 0 Å². The largest absolute Gasteiger partial charge is 0.345 e. The van der Waals surface area contributed by atoms with Crippen molar-refractivity contribution in [1.82, 2.24) is 9.97 Å². The molecule has 0 aliphatic heterocycles. The van der Waals surface area contributed by atoms with Crippen LogP contribution in [0.15, 0.2) is 30.6 Å². The quantitative estimate of drug-likeness (QED) is 0.115. The first-order chi connectivity index (χ1) is 20.1. The molecule has 1 N–H and O–H groups in total. The molecule has 224 valence electrons. The fourth-order valence-corrected chi connectivity index (χ4v) is 3.94. The number of fused-ring (bicyclic) bond motifs is 1. The van der Waals surface area contributed by atoms with Crippen LogP contribution >= 0.6 is 0 Å². The first kappa shape index (κ1) is 31.3. The molecule has 0 amide bonds. The van der Waals surface area contributed by atoms with Crippen LogP contribution in [0.3, 0.4) is 0 Å². The summed E-state index contributed by atoms with van der Waals surface area (Å²) in [5.41, 5.74) is -5.91.